The number of benzene rings is 2. The molecule has 0 aliphatic carbocycles. The Morgan fingerprint density at radius 2 is 1.83 bits per heavy atom. The maximum Gasteiger partial charge on any atom is 0.256 e. The zero-order valence-electron chi connectivity index (χ0n) is 16.8. The zero-order chi connectivity index (χ0) is 21.1. The van der Waals surface area contributed by atoms with E-state index in [1.807, 2.05) is 54.6 Å². The van der Waals surface area contributed by atoms with Crippen LogP contribution in [-0.2, 0) is 17.9 Å². The van der Waals surface area contributed by atoms with E-state index in [4.69, 9.17) is 11.6 Å². The zero-order valence-corrected chi connectivity index (χ0v) is 17.5. The Morgan fingerprint density at radius 3 is 2.50 bits per heavy atom. The number of anilines is 1. The summed E-state index contributed by atoms with van der Waals surface area (Å²) in [4.78, 5) is 26.4. The number of amides is 2. The van der Waals surface area contributed by atoms with Crippen molar-refractivity contribution in [1.29, 1.82) is 0 Å². The van der Waals surface area contributed by atoms with E-state index < -0.39 is 0 Å². The molecule has 0 atom stereocenters. The molecule has 1 N–H and O–H groups in total. The molecule has 1 aliphatic heterocycles. The normalized spacial score (nSPS) is 13.7. The molecule has 0 spiro atoms. The van der Waals surface area contributed by atoms with Crippen molar-refractivity contribution >= 4 is 29.1 Å². The summed E-state index contributed by atoms with van der Waals surface area (Å²) in [7, 11) is 0. The van der Waals surface area contributed by atoms with Crippen LogP contribution in [0.3, 0.4) is 0 Å². The number of nitrogens with zero attached hydrogens (tertiary/aromatic N) is 3. The Labute approximate surface area is 180 Å². The molecule has 1 fully saturated rings. The molecular weight excluding hydrogens is 400 g/mol. The lowest BCUT2D eigenvalue weighted by Crippen LogP contribution is -2.24. The highest BCUT2D eigenvalue weighted by molar-refractivity contribution is 6.33. The lowest BCUT2D eigenvalue weighted by molar-refractivity contribution is -0.117. The van der Waals surface area contributed by atoms with Crippen LogP contribution >= 0.6 is 11.6 Å². The molecule has 30 heavy (non-hydrogen) atoms. The smallest absolute Gasteiger partial charge is 0.256 e. The summed E-state index contributed by atoms with van der Waals surface area (Å²) in [6.07, 6.45) is 1.50. The minimum absolute atomic E-state index is 0.161. The molecule has 6 nitrogen and oxygen atoms in total. The predicted molar refractivity (Wildman–Crippen MR) is 117 cm³/mol. The lowest BCUT2D eigenvalue weighted by atomic mass is 10.2. The third kappa shape index (κ3) is 4.24. The molecule has 2 heterocycles. The first-order chi connectivity index (χ1) is 14.5. The number of carbonyl (C=O) groups is 2. The molecule has 4 rings (SSSR count). The number of hydrogen-bond acceptors (Lipinski definition) is 3. The second-order valence-corrected chi connectivity index (χ2v) is 7.75. The highest BCUT2D eigenvalue weighted by atomic mass is 35.5. The van der Waals surface area contributed by atoms with E-state index in [-0.39, 0.29) is 11.8 Å². The van der Waals surface area contributed by atoms with Crippen LogP contribution in [0.1, 0.15) is 40.0 Å². The van der Waals surface area contributed by atoms with E-state index in [1.54, 1.807) is 16.5 Å². The summed E-state index contributed by atoms with van der Waals surface area (Å²) in [5.41, 5.74) is 3.89. The average Bonchev–Trinajstić information content (AvgIpc) is 3.30. The molecule has 7 heteroatoms. The number of nitrogens with one attached hydrogen (secondary N) is 1. The summed E-state index contributed by atoms with van der Waals surface area (Å²) < 4.78 is 1.64. The summed E-state index contributed by atoms with van der Waals surface area (Å²) in [5.74, 6) is -0.0932. The predicted octanol–water partition coefficient (Wildman–Crippen LogP) is 3.95. The van der Waals surface area contributed by atoms with Gasteiger partial charge in [0, 0.05) is 25.2 Å². The number of aryl methyl sites for hydroxylation is 1. The van der Waals surface area contributed by atoms with Crippen LogP contribution in [-0.4, -0.2) is 28.1 Å². The van der Waals surface area contributed by atoms with E-state index in [9.17, 15) is 9.59 Å². The Balaban J connectivity index is 1.41. The Hall–Kier alpha value is -3.12. The second-order valence-electron chi connectivity index (χ2n) is 7.39. The Morgan fingerprint density at radius 1 is 1.10 bits per heavy atom. The SMILES string of the molecule is Cc1nn(Cc2ccccc2)c(Cl)c1C(=O)NCc1ccc(N2CCCC2=O)cc1. The molecule has 0 radical (unpaired) electrons. The molecule has 154 valence electrons. The van der Waals surface area contributed by atoms with E-state index in [0.29, 0.717) is 35.9 Å². The van der Waals surface area contributed by atoms with Gasteiger partial charge in [-0.2, -0.15) is 5.10 Å². The summed E-state index contributed by atoms with van der Waals surface area (Å²) >= 11 is 6.47. The topological polar surface area (TPSA) is 67.2 Å². The van der Waals surface area contributed by atoms with Crippen LogP contribution in [0, 0.1) is 6.92 Å². The van der Waals surface area contributed by atoms with Gasteiger partial charge < -0.3 is 10.2 Å². The maximum absolute atomic E-state index is 12.7. The van der Waals surface area contributed by atoms with Gasteiger partial charge in [-0.25, -0.2) is 4.68 Å². The van der Waals surface area contributed by atoms with Gasteiger partial charge in [0.15, 0.2) is 0 Å². The summed E-state index contributed by atoms with van der Waals surface area (Å²) in [6, 6.07) is 17.5. The fourth-order valence-electron chi connectivity index (χ4n) is 3.66. The van der Waals surface area contributed by atoms with Crippen molar-refractivity contribution in [2.75, 3.05) is 11.4 Å². The van der Waals surface area contributed by atoms with Crippen molar-refractivity contribution < 1.29 is 9.59 Å². The van der Waals surface area contributed by atoms with Crippen LogP contribution in [0.5, 0.6) is 0 Å². The molecule has 2 amide bonds. The summed E-state index contributed by atoms with van der Waals surface area (Å²) in [5, 5.41) is 7.68. The van der Waals surface area contributed by atoms with E-state index >= 15 is 0 Å². The van der Waals surface area contributed by atoms with E-state index in [0.717, 1.165) is 29.8 Å². The van der Waals surface area contributed by atoms with Crippen molar-refractivity contribution in [1.82, 2.24) is 15.1 Å². The number of hydrogen-bond donors (Lipinski definition) is 1. The van der Waals surface area contributed by atoms with Crippen LogP contribution in [0.25, 0.3) is 0 Å². The molecule has 2 aromatic carbocycles. The molecule has 3 aromatic rings. The van der Waals surface area contributed by atoms with Gasteiger partial charge >= 0.3 is 0 Å². The van der Waals surface area contributed by atoms with Crippen LogP contribution in [0.2, 0.25) is 5.15 Å². The average molecular weight is 423 g/mol. The van der Waals surface area contributed by atoms with Crippen molar-refractivity contribution in [2.45, 2.75) is 32.9 Å². The third-order valence-corrected chi connectivity index (χ3v) is 5.63. The largest absolute Gasteiger partial charge is 0.348 e. The van der Waals surface area contributed by atoms with Crippen molar-refractivity contribution in [2.24, 2.45) is 0 Å². The van der Waals surface area contributed by atoms with Gasteiger partial charge in [0.2, 0.25) is 5.91 Å². The minimum atomic E-state index is -0.254. The first-order valence-electron chi connectivity index (χ1n) is 9.97. The van der Waals surface area contributed by atoms with Gasteiger partial charge in [-0.05, 0) is 36.6 Å². The Kier molecular flexibility index (Phi) is 5.86. The van der Waals surface area contributed by atoms with Crippen molar-refractivity contribution in [3.63, 3.8) is 0 Å². The van der Waals surface area contributed by atoms with Gasteiger partial charge in [-0.1, -0.05) is 54.1 Å². The van der Waals surface area contributed by atoms with Gasteiger partial charge in [-0.15, -0.1) is 0 Å². The minimum Gasteiger partial charge on any atom is -0.348 e. The Bertz CT molecular complexity index is 1060. The fourth-order valence-corrected chi connectivity index (χ4v) is 3.98. The highest BCUT2D eigenvalue weighted by Crippen LogP contribution is 2.23. The first-order valence-corrected chi connectivity index (χ1v) is 10.3. The molecule has 1 saturated heterocycles. The molecule has 0 bridgehead atoms. The quantitative estimate of drug-likeness (QED) is 0.654. The van der Waals surface area contributed by atoms with Crippen LogP contribution in [0.4, 0.5) is 5.69 Å². The molecule has 1 aliphatic rings. The van der Waals surface area contributed by atoms with Crippen LogP contribution in [0.15, 0.2) is 54.6 Å². The van der Waals surface area contributed by atoms with Gasteiger partial charge in [0.1, 0.15) is 5.15 Å². The van der Waals surface area contributed by atoms with Crippen LogP contribution < -0.4 is 10.2 Å². The first kappa shape index (κ1) is 20.2. The number of aromatic nitrogens is 2. The second kappa shape index (κ2) is 8.71. The molecule has 0 saturated carbocycles. The number of carbonyl (C=O) groups excluding carboxylic acids is 2. The lowest BCUT2D eigenvalue weighted by Gasteiger charge is -2.16. The summed E-state index contributed by atoms with van der Waals surface area (Å²) in [6.45, 7) is 3.42. The van der Waals surface area contributed by atoms with Gasteiger partial charge in [-0.3, -0.25) is 9.59 Å². The van der Waals surface area contributed by atoms with Gasteiger partial charge in [0.05, 0.1) is 17.8 Å². The third-order valence-electron chi connectivity index (χ3n) is 5.24. The number of halogens is 1. The monoisotopic (exact) mass is 422 g/mol. The van der Waals surface area contributed by atoms with E-state index in [1.165, 1.54) is 0 Å². The van der Waals surface area contributed by atoms with Gasteiger partial charge in [0.25, 0.3) is 5.91 Å². The van der Waals surface area contributed by atoms with E-state index in [2.05, 4.69) is 10.4 Å². The molecule has 0 unspecified atom stereocenters. The van der Waals surface area contributed by atoms with Crippen molar-refractivity contribution in [3.05, 3.63) is 82.1 Å². The highest BCUT2D eigenvalue weighted by Gasteiger charge is 2.22. The standard InChI is InChI=1S/C23H23ClN4O2/c1-16-21(22(24)28(26-16)15-18-6-3-2-4-7-18)23(30)25-14-17-9-11-19(12-10-17)27-13-5-8-20(27)29/h2-4,6-7,9-12H,5,8,13-15H2,1H3,(H,25,30). The number of rotatable bonds is 6. The maximum atomic E-state index is 12.7. The molecule has 1 aromatic heterocycles. The fraction of sp³-hybridized carbons (Fsp3) is 0.261. The molecular formula is C23H23ClN4O2. The van der Waals surface area contributed by atoms with Crippen molar-refractivity contribution in [3.8, 4) is 0 Å².